The molecule has 1 heterocycles. The van der Waals surface area contributed by atoms with Crippen molar-refractivity contribution in [3.63, 3.8) is 0 Å². The molecule has 0 bridgehead atoms. The molecule has 1 aromatic heterocycles. The summed E-state index contributed by atoms with van der Waals surface area (Å²) in [5.41, 5.74) is -0.164. The number of nitro groups is 1. The smallest absolute Gasteiger partial charge is 0.311 e. The number of nitrogens with one attached hydrogen (secondary N) is 3. The van der Waals surface area contributed by atoms with Gasteiger partial charge >= 0.3 is 5.69 Å². The van der Waals surface area contributed by atoms with E-state index in [1.54, 1.807) is 13.0 Å². The van der Waals surface area contributed by atoms with Gasteiger partial charge in [-0.15, -0.1) is 0 Å². The number of amides is 1. The SMILES string of the molecule is CCCNc1ccc([N+](=O)[O-])c(NC(C)C(=O)NC)n1. The molecule has 20 heavy (non-hydrogen) atoms. The van der Waals surface area contributed by atoms with Crippen LogP contribution >= 0.6 is 0 Å². The van der Waals surface area contributed by atoms with Crippen LogP contribution in [0.5, 0.6) is 0 Å². The summed E-state index contributed by atoms with van der Waals surface area (Å²) in [6, 6.07) is 2.29. The highest BCUT2D eigenvalue weighted by Gasteiger charge is 2.20. The quantitative estimate of drug-likeness (QED) is 0.514. The van der Waals surface area contributed by atoms with E-state index < -0.39 is 11.0 Å². The number of rotatable bonds is 7. The molecular weight excluding hydrogens is 262 g/mol. The molecule has 8 nitrogen and oxygen atoms in total. The van der Waals surface area contributed by atoms with Crippen LogP contribution in [0.2, 0.25) is 0 Å². The Hall–Kier alpha value is -2.38. The maximum atomic E-state index is 11.5. The summed E-state index contributed by atoms with van der Waals surface area (Å²) in [6.07, 6.45) is 0.913. The predicted octanol–water partition coefficient (Wildman–Crippen LogP) is 1.36. The van der Waals surface area contributed by atoms with Gasteiger partial charge < -0.3 is 16.0 Å². The van der Waals surface area contributed by atoms with Crippen molar-refractivity contribution in [1.29, 1.82) is 0 Å². The molecular formula is C12H19N5O3. The number of aromatic nitrogens is 1. The van der Waals surface area contributed by atoms with Crippen LogP contribution in [0.4, 0.5) is 17.3 Å². The van der Waals surface area contributed by atoms with Crippen molar-refractivity contribution >= 4 is 23.2 Å². The standard InChI is InChI=1S/C12H19N5O3/c1-4-7-14-10-6-5-9(17(19)20)11(16-10)15-8(2)12(18)13-3/h5-6,8H,4,7H2,1-3H3,(H,13,18)(H2,14,15,16). The lowest BCUT2D eigenvalue weighted by atomic mass is 10.3. The van der Waals surface area contributed by atoms with Crippen molar-refractivity contribution in [3.05, 3.63) is 22.2 Å². The number of anilines is 2. The predicted molar refractivity (Wildman–Crippen MR) is 76.8 cm³/mol. The lowest BCUT2D eigenvalue weighted by molar-refractivity contribution is -0.384. The highest BCUT2D eigenvalue weighted by molar-refractivity contribution is 5.84. The zero-order chi connectivity index (χ0) is 15.1. The fourth-order valence-corrected chi connectivity index (χ4v) is 1.54. The summed E-state index contributed by atoms with van der Waals surface area (Å²) in [6.45, 7) is 4.33. The fraction of sp³-hybridized carbons (Fsp3) is 0.500. The van der Waals surface area contributed by atoms with E-state index in [1.165, 1.54) is 13.1 Å². The van der Waals surface area contributed by atoms with E-state index in [2.05, 4.69) is 20.9 Å². The number of carbonyl (C=O) groups is 1. The number of hydrogen-bond acceptors (Lipinski definition) is 6. The molecule has 0 fully saturated rings. The van der Waals surface area contributed by atoms with E-state index in [0.717, 1.165) is 13.0 Å². The molecule has 0 aromatic carbocycles. The van der Waals surface area contributed by atoms with Gasteiger partial charge in [0.05, 0.1) is 4.92 Å². The molecule has 0 aliphatic heterocycles. The molecule has 110 valence electrons. The molecule has 0 aliphatic rings. The van der Waals surface area contributed by atoms with E-state index in [4.69, 9.17) is 0 Å². The average molecular weight is 281 g/mol. The molecule has 0 spiro atoms. The summed E-state index contributed by atoms with van der Waals surface area (Å²) in [5, 5.41) is 19.2. The monoisotopic (exact) mass is 281 g/mol. The number of likely N-dealkylation sites (N-methyl/N-ethyl adjacent to an activating group) is 1. The summed E-state index contributed by atoms with van der Waals surface area (Å²) < 4.78 is 0. The fourth-order valence-electron chi connectivity index (χ4n) is 1.54. The van der Waals surface area contributed by atoms with Gasteiger partial charge in [0.1, 0.15) is 11.9 Å². The minimum Gasteiger partial charge on any atom is -0.370 e. The van der Waals surface area contributed by atoms with Gasteiger partial charge in [-0.3, -0.25) is 14.9 Å². The van der Waals surface area contributed by atoms with Gasteiger partial charge in [0.2, 0.25) is 11.7 Å². The second-order valence-electron chi connectivity index (χ2n) is 4.23. The van der Waals surface area contributed by atoms with Gasteiger partial charge in [0, 0.05) is 19.7 Å². The number of nitrogens with zero attached hydrogens (tertiary/aromatic N) is 2. The zero-order valence-electron chi connectivity index (χ0n) is 11.8. The van der Waals surface area contributed by atoms with Crippen molar-refractivity contribution in [2.75, 3.05) is 24.2 Å². The highest BCUT2D eigenvalue weighted by atomic mass is 16.6. The second-order valence-corrected chi connectivity index (χ2v) is 4.23. The molecule has 1 aromatic rings. The molecule has 8 heteroatoms. The van der Waals surface area contributed by atoms with Crippen molar-refractivity contribution in [3.8, 4) is 0 Å². The summed E-state index contributed by atoms with van der Waals surface area (Å²) in [7, 11) is 1.50. The Morgan fingerprint density at radius 3 is 2.75 bits per heavy atom. The van der Waals surface area contributed by atoms with Gasteiger partial charge in [0.15, 0.2) is 0 Å². The molecule has 0 saturated heterocycles. The minimum absolute atomic E-state index is 0.0761. The normalized spacial score (nSPS) is 11.6. The number of hydrogen-bond donors (Lipinski definition) is 3. The molecule has 1 atom stereocenters. The molecule has 0 saturated carbocycles. The van der Waals surface area contributed by atoms with Crippen LogP contribution in [0.3, 0.4) is 0 Å². The molecule has 0 aliphatic carbocycles. The second kappa shape index (κ2) is 7.27. The van der Waals surface area contributed by atoms with Gasteiger partial charge in [-0.25, -0.2) is 4.98 Å². The summed E-state index contributed by atoms with van der Waals surface area (Å²) in [5.74, 6) is 0.337. The Bertz CT molecular complexity index is 492. The van der Waals surface area contributed by atoms with Crippen molar-refractivity contribution in [1.82, 2.24) is 10.3 Å². The van der Waals surface area contributed by atoms with Crippen molar-refractivity contribution in [2.45, 2.75) is 26.3 Å². The number of carbonyl (C=O) groups excluding carboxylic acids is 1. The van der Waals surface area contributed by atoms with Gasteiger partial charge in [-0.2, -0.15) is 0 Å². The maximum absolute atomic E-state index is 11.5. The largest absolute Gasteiger partial charge is 0.370 e. The lowest BCUT2D eigenvalue weighted by Crippen LogP contribution is -2.35. The van der Waals surface area contributed by atoms with Gasteiger partial charge in [-0.1, -0.05) is 6.92 Å². The molecule has 0 radical (unpaired) electrons. The Kier molecular flexibility index (Phi) is 5.70. The molecule has 1 rings (SSSR count). The van der Waals surface area contributed by atoms with E-state index in [0.29, 0.717) is 5.82 Å². The van der Waals surface area contributed by atoms with E-state index in [1.807, 2.05) is 6.92 Å². The third-order valence-corrected chi connectivity index (χ3v) is 2.62. The van der Waals surface area contributed by atoms with Crippen LogP contribution in [0, 0.1) is 10.1 Å². The van der Waals surface area contributed by atoms with Crippen LogP contribution < -0.4 is 16.0 Å². The van der Waals surface area contributed by atoms with E-state index in [9.17, 15) is 14.9 Å². The van der Waals surface area contributed by atoms with Crippen molar-refractivity contribution < 1.29 is 9.72 Å². The highest BCUT2D eigenvalue weighted by Crippen LogP contribution is 2.24. The van der Waals surface area contributed by atoms with Crippen LogP contribution in [-0.2, 0) is 4.79 Å². The Balaban J connectivity index is 2.99. The van der Waals surface area contributed by atoms with Crippen LogP contribution in [-0.4, -0.2) is 35.4 Å². The maximum Gasteiger partial charge on any atom is 0.311 e. The Morgan fingerprint density at radius 1 is 1.50 bits per heavy atom. The van der Waals surface area contributed by atoms with Crippen molar-refractivity contribution in [2.24, 2.45) is 0 Å². The van der Waals surface area contributed by atoms with E-state index in [-0.39, 0.29) is 17.4 Å². The molecule has 3 N–H and O–H groups in total. The number of pyridine rings is 1. The van der Waals surface area contributed by atoms with Crippen LogP contribution in [0.15, 0.2) is 12.1 Å². The molecule has 1 amide bonds. The van der Waals surface area contributed by atoms with E-state index >= 15 is 0 Å². The van der Waals surface area contributed by atoms with Crippen LogP contribution in [0.25, 0.3) is 0 Å². The summed E-state index contributed by atoms with van der Waals surface area (Å²) >= 11 is 0. The van der Waals surface area contributed by atoms with Gasteiger partial charge in [0.25, 0.3) is 0 Å². The first kappa shape index (κ1) is 15.7. The third-order valence-electron chi connectivity index (χ3n) is 2.62. The first-order chi connectivity index (χ1) is 9.49. The Morgan fingerprint density at radius 2 is 2.20 bits per heavy atom. The Labute approximate surface area is 117 Å². The zero-order valence-corrected chi connectivity index (χ0v) is 11.8. The molecule has 1 unspecified atom stereocenters. The lowest BCUT2D eigenvalue weighted by Gasteiger charge is -2.14. The summed E-state index contributed by atoms with van der Waals surface area (Å²) in [4.78, 5) is 26.1. The first-order valence-electron chi connectivity index (χ1n) is 6.37. The third kappa shape index (κ3) is 4.08. The first-order valence-corrected chi connectivity index (χ1v) is 6.37. The minimum atomic E-state index is -0.618. The topological polar surface area (TPSA) is 109 Å². The van der Waals surface area contributed by atoms with Gasteiger partial charge in [-0.05, 0) is 19.4 Å². The average Bonchev–Trinajstić information content (AvgIpc) is 2.43. The van der Waals surface area contributed by atoms with Crippen LogP contribution in [0.1, 0.15) is 20.3 Å².